The van der Waals surface area contributed by atoms with Gasteiger partial charge in [-0.15, -0.1) is 0 Å². The van der Waals surface area contributed by atoms with Crippen LogP contribution in [-0.2, 0) is 19.1 Å². The van der Waals surface area contributed by atoms with Gasteiger partial charge in [-0.25, -0.2) is 0 Å². The molecule has 0 N–H and O–H groups in total. The molecule has 0 aromatic carbocycles. The summed E-state index contributed by atoms with van der Waals surface area (Å²) in [5.41, 5.74) is 0.133. The zero-order chi connectivity index (χ0) is 11.6. The van der Waals surface area contributed by atoms with Crippen LogP contribution in [0.3, 0.4) is 0 Å². The van der Waals surface area contributed by atoms with E-state index in [4.69, 9.17) is 0 Å². The Labute approximate surface area is 88.6 Å². The molecule has 4 nitrogen and oxygen atoms in total. The molecule has 1 saturated carbocycles. The second-order valence-electron chi connectivity index (χ2n) is 3.63. The van der Waals surface area contributed by atoms with Gasteiger partial charge in [0, 0.05) is 0 Å². The van der Waals surface area contributed by atoms with Crippen molar-refractivity contribution in [3.63, 3.8) is 0 Å². The SMILES string of the molecule is C=C1CC(C(=O)OC)(C(=O)OC)CC1=C. The fourth-order valence-electron chi connectivity index (χ4n) is 1.80. The molecule has 0 atom stereocenters. The molecule has 1 rings (SSSR count). The highest BCUT2D eigenvalue weighted by Crippen LogP contribution is 2.45. The number of hydrogen-bond acceptors (Lipinski definition) is 4. The predicted molar refractivity (Wildman–Crippen MR) is 54.0 cm³/mol. The van der Waals surface area contributed by atoms with E-state index in [1.807, 2.05) is 0 Å². The van der Waals surface area contributed by atoms with E-state index in [0.717, 1.165) is 0 Å². The first kappa shape index (κ1) is 11.5. The molecule has 0 saturated heterocycles. The Morgan fingerprint density at radius 2 is 1.40 bits per heavy atom. The molecule has 0 bridgehead atoms. The first-order valence-electron chi connectivity index (χ1n) is 4.50. The maximum Gasteiger partial charge on any atom is 0.323 e. The molecule has 1 aliphatic carbocycles. The molecule has 1 aliphatic rings. The zero-order valence-corrected chi connectivity index (χ0v) is 8.96. The number of rotatable bonds is 2. The lowest BCUT2D eigenvalue weighted by atomic mass is 9.86. The molecule has 0 aromatic rings. The maximum atomic E-state index is 11.6. The van der Waals surface area contributed by atoms with Crippen LogP contribution >= 0.6 is 0 Å². The third kappa shape index (κ3) is 1.67. The number of carbonyl (C=O) groups is 2. The maximum absolute atomic E-state index is 11.6. The number of hydrogen-bond donors (Lipinski definition) is 0. The van der Waals surface area contributed by atoms with Crippen LogP contribution in [0.4, 0.5) is 0 Å². The van der Waals surface area contributed by atoms with Gasteiger partial charge in [-0.3, -0.25) is 9.59 Å². The van der Waals surface area contributed by atoms with Gasteiger partial charge < -0.3 is 9.47 Å². The molecule has 82 valence electrons. The number of methoxy groups -OCH3 is 2. The molecule has 0 heterocycles. The molecule has 4 heteroatoms. The van der Waals surface area contributed by atoms with E-state index in [1.54, 1.807) is 0 Å². The predicted octanol–water partition coefficient (Wildman–Crippen LogP) is 1.22. The first-order valence-corrected chi connectivity index (χ1v) is 4.50. The van der Waals surface area contributed by atoms with Gasteiger partial charge in [-0.1, -0.05) is 24.3 Å². The van der Waals surface area contributed by atoms with Gasteiger partial charge in [0.15, 0.2) is 5.41 Å². The molecule has 0 spiro atoms. The highest BCUT2D eigenvalue weighted by molar-refractivity contribution is 6.01. The van der Waals surface area contributed by atoms with Crippen LogP contribution in [-0.4, -0.2) is 26.2 Å². The average Bonchev–Trinajstić information content (AvgIpc) is 2.54. The second kappa shape index (κ2) is 3.88. The molecule has 0 amide bonds. The van der Waals surface area contributed by atoms with Crippen molar-refractivity contribution >= 4 is 11.9 Å². The van der Waals surface area contributed by atoms with Crippen LogP contribution in [0.15, 0.2) is 24.3 Å². The molecule has 0 aliphatic heterocycles. The Morgan fingerprint density at radius 3 is 1.67 bits per heavy atom. The smallest absolute Gasteiger partial charge is 0.323 e. The van der Waals surface area contributed by atoms with E-state index in [2.05, 4.69) is 22.6 Å². The van der Waals surface area contributed by atoms with Gasteiger partial charge in [0.2, 0.25) is 0 Å². The highest BCUT2D eigenvalue weighted by Gasteiger charge is 2.52. The molecule has 15 heavy (non-hydrogen) atoms. The first-order chi connectivity index (χ1) is 6.97. The van der Waals surface area contributed by atoms with Crippen LogP contribution in [0.5, 0.6) is 0 Å². The Kier molecular flexibility index (Phi) is 2.98. The van der Waals surface area contributed by atoms with Crippen molar-refractivity contribution in [2.45, 2.75) is 12.8 Å². The van der Waals surface area contributed by atoms with E-state index in [0.29, 0.717) is 11.1 Å². The minimum absolute atomic E-state index is 0.227. The summed E-state index contributed by atoms with van der Waals surface area (Å²) in [7, 11) is 2.49. The fourth-order valence-corrected chi connectivity index (χ4v) is 1.80. The Morgan fingerprint density at radius 1 is 1.07 bits per heavy atom. The minimum Gasteiger partial charge on any atom is -0.468 e. The molecule has 0 unspecified atom stereocenters. The van der Waals surface area contributed by atoms with Crippen molar-refractivity contribution in [2.24, 2.45) is 5.41 Å². The Hall–Kier alpha value is -1.58. The fraction of sp³-hybridized carbons (Fsp3) is 0.455. The third-order valence-corrected chi connectivity index (χ3v) is 2.68. The monoisotopic (exact) mass is 210 g/mol. The summed E-state index contributed by atoms with van der Waals surface area (Å²) in [6.45, 7) is 7.50. The van der Waals surface area contributed by atoms with Gasteiger partial charge in [-0.2, -0.15) is 0 Å². The molecular weight excluding hydrogens is 196 g/mol. The van der Waals surface area contributed by atoms with Crippen molar-refractivity contribution in [3.05, 3.63) is 24.3 Å². The van der Waals surface area contributed by atoms with Crippen LogP contribution in [0.1, 0.15) is 12.8 Å². The van der Waals surface area contributed by atoms with Crippen molar-refractivity contribution < 1.29 is 19.1 Å². The Balaban J connectivity index is 3.10. The third-order valence-electron chi connectivity index (χ3n) is 2.68. The lowest BCUT2D eigenvalue weighted by molar-refractivity contribution is -0.168. The standard InChI is InChI=1S/C11H14O4/c1-7-5-11(6-8(7)2,9(12)14-3)10(13)15-4/h1-2,5-6H2,3-4H3. The van der Waals surface area contributed by atoms with Crippen LogP contribution in [0, 0.1) is 5.41 Å². The summed E-state index contributed by atoms with van der Waals surface area (Å²) in [6.07, 6.45) is 0.455. The van der Waals surface area contributed by atoms with E-state index in [9.17, 15) is 9.59 Å². The molecule has 1 fully saturated rings. The Bertz CT molecular complexity index is 306. The lowest BCUT2D eigenvalue weighted by Gasteiger charge is -2.21. The second-order valence-corrected chi connectivity index (χ2v) is 3.63. The normalized spacial score (nSPS) is 18.8. The van der Waals surface area contributed by atoms with E-state index >= 15 is 0 Å². The van der Waals surface area contributed by atoms with Crippen molar-refractivity contribution in [1.82, 2.24) is 0 Å². The van der Waals surface area contributed by atoms with Gasteiger partial charge >= 0.3 is 11.9 Å². The molecule has 0 radical (unpaired) electrons. The summed E-state index contributed by atoms with van der Waals surface area (Å²) in [4.78, 5) is 23.2. The molecule has 0 aromatic heterocycles. The van der Waals surface area contributed by atoms with E-state index in [1.165, 1.54) is 14.2 Å². The lowest BCUT2D eigenvalue weighted by Crippen LogP contribution is -2.38. The van der Waals surface area contributed by atoms with Crippen LogP contribution in [0.25, 0.3) is 0 Å². The minimum atomic E-state index is -1.27. The van der Waals surface area contributed by atoms with Crippen molar-refractivity contribution in [2.75, 3.05) is 14.2 Å². The van der Waals surface area contributed by atoms with E-state index in [-0.39, 0.29) is 12.8 Å². The summed E-state index contributed by atoms with van der Waals surface area (Å²) in [5.74, 6) is -1.18. The summed E-state index contributed by atoms with van der Waals surface area (Å²) >= 11 is 0. The number of esters is 2. The largest absolute Gasteiger partial charge is 0.468 e. The van der Waals surface area contributed by atoms with Gasteiger partial charge in [0.1, 0.15) is 0 Å². The van der Waals surface area contributed by atoms with Crippen molar-refractivity contribution in [3.8, 4) is 0 Å². The summed E-state index contributed by atoms with van der Waals surface area (Å²) in [5, 5.41) is 0. The summed E-state index contributed by atoms with van der Waals surface area (Å²) in [6, 6.07) is 0. The topological polar surface area (TPSA) is 52.6 Å². The average molecular weight is 210 g/mol. The van der Waals surface area contributed by atoms with Crippen LogP contribution < -0.4 is 0 Å². The van der Waals surface area contributed by atoms with Crippen molar-refractivity contribution in [1.29, 1.82) is 0 Å². The quantitative estimate of drug-likeness (QED) is 0.508. The zero-order valence-electron chi connectivity index (χ0n) is 8.96. The highest BCUT2D eigenvalue weighted by atomic mass is 16.5. The number of ether oxygens (including phenoxy) is 2. The summed E-state index contributed by atoms with van der Waals surface area (Å²) < 4.78 is 9.27. The number of allylic oxidation sites excluding steroid dienone is 2. The van der Waals surface area contributed by atoms with Gasteiger partial charge in [-0.05, 0) is 12.8 Å². The number of carbonyl (C=O) groups excluding carboxylic acids is 2. The van der Waals surface area contributed by atoms with Gasteiger partial charge in [0.25, 0.3) is 0 Å². The van der Waals surface area contributed by atoms with Crippen LogP contribution in [0.2, 0.25) is 0 Å². The van der Waals surface area contributed by atoms with Gasteiger partial charge in [0.05, 0.1) is 14.2 Å². The molecular formula is C11H14O4. The van der Waals surface area contributed by atoms with E-state index < -0.39 is 17.4 Å².